The van der Waals surface area contributed by atoms with Crippen molar-refractivity contribution in [1.82, 2.24) is 4.57 Å². The number of nitrogens with two attached hydrogens (primary N) is 1. The summed E-state index contributed by atoms with van der Waals surface area (Å²) in [6.07, 6.45) is 5.92. The highest BCUT2D eigenvalue weighted by molar-refractivity contribution is 5.89. The molecule has 2 heterocycles. The molecule has 106 valence electrons. The van der Waals surface area contributed by atoms with Crippen molar-refractivity contribution in [1.29, 1.82) is 0 Å². The Bertz CT molecular complexity index is 422. The molecule has 1 aromatic heterocycles. The minimum atomic E-state index is -0.303. The smallest absolute Gasteiger partial charge is 0.355 e. The maximum absolute atomic E-state index is 12.0. The summed E-state index contributed by atoms with van der Waals surface area (Å²) < 4.78 is 12.6. The fraction of sp³-hybridized carbons (Fsp3) is 0.643. The van der Waals surface area contributed by atoms with E-state index >= 15 is 0 Å². The molecule has 0 radical (unpaired) electrons. The molecule has 0 spiro atoms. The van der Waals surface area contributed by atoms with Crippen molar-refractivity contribution in [3.8, 4) is 0 Å². The second-order valence-corrected chi connectivity index (χ2v) is 4.91. The van der Waals surface area contributed by atoms with E-state index in [0.29, 0.717) is 18.0 Å². The van der Waals surface area contributed by atoms with Gasteiger partial charge in [-0.25, -0.2) is 4.79 Å². The van der Waals surface area contributed by atoms with Gasteiger partial charge in [-0.05, 0) is 25.3 Å². The summed E-state index contributed by atoms with van der Waals surface area (Å²) in [4.78, 5) is 12.0. The van der Waals surface area contributed by atoms with Crippen molar-refractivity contribution >= 4 is 11.7 Å². The largest absolute Gasteiger partial charge is 0.461 e. The van der Waals surface area contributed by atoms with Crippen LogP contribution < -0.4 is 5.73 Å². The molecule has 1 fully saturated rings. The number of esters is 1. The summed E-state index contributed by atoms with van der Waals surface area (Å²) >= 11 is 0. The van der Waals surface area contributed by atoms with Crippen LogP contribution in [0, 0.1) is 0 Å². The molecular formula is C14H22N2O3. The van der Waals surface area contributed by atoms with Gasteiger partial charge in [-0.2, -0.15) is 0 Å². The van der Waals surface area contributed by atoms with Crippen LogP contribution in [0.15, 0.2) is 12.3 Å². The van der Waals surface area contributed by atoms with Crippen LogP contribution in [0.25, 0.3) is 0 Å². The molecule has 5 nitrogen and oxygen atoms in total. The topological polar surface area (TPSA) is 66.5 Å². The molecule has 1 aromatic rings. The molecule has 1 saturated heterocycles. The Balaban J connectivity index is 1.84. The third-order valence-corrected chi connectivity index (χ3v) is 3.29. The van der Waals surface area contributed by atoms with E-state index in [0.717, 1.165) is 38.8 Å². The van der Waals surface area contributed by atoms with Gasteiger partial charge >= 0.3 is 5.97 Å². The van der Waals surface area contributed by atoms with Gasteiger partial charge in [0.2, 0.25) is 0 Å². The summed E-state index contributed by atoms with van der Waals surface area (Å²) in [7, 11) is 0. The normalized spacial score (nSPS) is 18.7. The number of nitrogens with zero attached hydrogens (tertiary/aromatic N) is 1. The number of carbonyl (C=O) groups is 1. The molecule has 0 bridgehead atoms. The lowest BCUT2D eigenvalue weighted by molar-refractivity contribution is 0.0375. The molecular weight excluding hydrogens is 244 g/mol. The summed E-state index contributed by atoms with van der Waals surface area (Å²) in [6, 6.07) is 1.67. The third-order valence-electron chi connectivity index (χ3n) is 3.29. The van der Waals surface area contributed by atoms with E-state index in [1.165, 1.54) is 0 Å². The summed E-state index contributed by atoms with van der Waals surface area (Å²) in [5.74, 6) is -0.303. The maximum atomic E-state index is 12.0. The number of ether oxygens (including phenoxy) is 2. The van der Waals surface area contributed by atoms with E-state index in [1.54, 1.807) is 12.3 Å². The zero-order chi connectivity index (χ0) is 13.7. The number of aromatic nitrogens is 1. The zero-order valence-electron chi connectivity index (χ0n) is 11.4. The molecule has 0 aliphatic carbocycles. The van der Waals surface area contributed by atoms with Crippen LogP contribution in [0.2, 0.25) is 0 Å². The lowest BCUT2D eigenvalue weighted by atomic mass is 10.2. The molecule has 0 aromatic carbocycles. The second-order valence-electron chi connectivity index (χ2n) is 4.91. The molecule has 1 aliphatic heterocycles. The highest BCUT2D eigenvalue weighted by Crippen LogP contribution is 2.16. The van der Waals surface area contributed by atoms with Crippen molar-refractivity contribution in [2.75, 3.05) is 18.9 Å². The average molecular weight is 266 g/mol. The monoisotopic (exact) mass is 266 g/mol. The van der Waals surface area contributed by atoms with Gasteiger partial charge in [-0.3, -0.25) is 0 Å². The van der Waals surface area contributed by atoms with Crippen LogP contribution in [0.4, 0.5) is 5.69 Å². The Hall–Kier alpha value is -1.49. The molecule has 2 rings (SSSR count). The highest BCUT2D eigenvalue weighted by Gasteiger charge is 2.18. The SMILES string of the molecule is CCCn1cc(N)cc1C(=O)OCCC1CCCO1. The Morgan fingerprint density at radius 3 is 3.16 bits per heavy atom. The van der Waals surface area contributed by atoms with Gasteiger partial charge in [0.15, 0.2) is 0 Å². The maximum Gasteiger partial charge on any atom is 0.355 e. The van der Waals surface area contributed by atoms with Gasteiger partial charge in [0.1, 0.15) is 5.69 Å². The van der Waals surface area contributed by atoms with E-state index in [1.807, 2.05) is 4.57 Å². The van der Waals surface area contributed by atoms with Crippen LogP contribution in [0.1, 0.15) is 43.1 Å². The molecule has 19 heavy (non-hydrogen) atoms. The van der Waals surface area contributed by atoms with E-state index in [9.17, 15) is 4.79 Å². The van der Waals surface area contributed by atoms with Gasteiger partial charge in [0.05, 0.1) is 18.4 Å². The van der Waals surface area contributed by atoms with Crippen LogP contribution >= 0.6 is 0 Å². The number of carbonyl (C=O) groups excluding carboxylic acids is 1. The fourth-order valence-corrected chi connectivity index (χ4v) is 2.36. The molecule has 1 unspecified atom stereocenters. The van der Waals surface area contributed by atoms with E-state index in [-0.39, 0.29) is 12.1 Å². The average Bonchev–Trinajstić information content (AvgIpc) is 2.99. The molecule has 2 N–H and O–H groups in total. The number of hydrogen-bond donors (Lipinski definition) is 1. The van der Waals surface area contributed by atoms with E-state index < -0.39 is 0 Å². The van der Waals surface area contributed by atoms with Crippen molar-refractivity contribution in [2.24, 2.45) is 0 Å². The van der Waals surface area contributed by atoms with Crippen LogP contribution in [-0.4, -0.2) is 29.9 Å². The summed E-state index contributed by atoms with van der Waals surface area (Å²) in [6.45, 7) is 4.06. The van der Waals surface area contributed by atoms with Crippen LogP contribution in [-0.2, 0) is 16.0 Å². The molecule has 5 heteroatoms. The third kappa shape index (κ3) is 3.73. The molecule has 1 aliphatic rings. The molecule has 0 saturated carbocycles. The lowest BCUT2D eigenvalue weighted by Gasteiger charge is -2.10. The van der Waals surface area contributed by atoms with Crippen molar-refractivity contribution < 1.29 is 14.3 Å². The van der Waals surface area contributed by atoms with E-state index in [2.05, 4.69) is 6.92 Å². The predicted molar refractivity (Wildman–Crippen MR) is 73.0 cm³/mol. The molecule has 1 atom stereocenters. The van der Waals surface area contributed by atoms with Crippen molar-refractivity contribution in [3.63, 3.8) is 0 Å². The number of nitrogen functional groups attached to an aromatic ring is 1. The van der Waals surface area contributed by atoms with Crippen molar-refractivity contribution in [2.45, 2.75) is 45.3 Å². The summed E-state index contributed by atoms with van der Waals surface area (Å²) in [5.41, 5.74) is 6.86. The van der Waals surface area contributed by atoms with Crippen molar-refractivity contribution in [3.05, 3.63) is 18.0 Å². The lowest BCUT2D eigenvalue weighted by Crippen LogP contribution is -2.15. The van der Waals surface area contributed by atoms with E-state index in [4.69, 9.17) is 15.2 Å². The number of rotatable bonds is 6. The number of aryl methyl sites for hydroxylation is 1. The first-order valence-corrected chi connectivity index (χ1v) is 6.95. The Morgan fingerprint density at radius 2 is 2.47 bits per heavy atom. The summed E-state index contributed by atoms with van der Waals surface area (Å²) in [5, 5.41) is 0. The Kier molecular flexibility index (Phi) is 4.85. The quantitative estimate of drug-likeness (QED) is 0.802. The first-order chi connectivity index (χ1) is 9.20. The van der Waals surface area contributed by atoms with Gasteiger partial charge in [0.25, 0.3) is 0 Å². The van der Waals surface area contributed by atoms with Gasteiger partial charge < -0.3 is 19.8 Å². The Morgan fingerprint density at radius 1 is 1.63 bits per heavy atom. The van der Waals surface area contributed by atoms with Gasteiger partial charge in [-0.1, -0.05) is 6.92 Å². The standard InChI is InChI=1S/C14H22N2O3/c1-2-6-16-10-11(15)9-13(16)14(17)19-8-5-12-4-3-7-18-12/h9-10,12H,2-8,15H2,1H3. The minimum Gasteiger partial charge on any atom is -0.461 e. The van der Waals surface area contributed by atoms with Gasteiger partial charge in [-0.15, -0.1) is 0 Å². The fourth-order valence-electron chi connectivity index (χ4n) is 2.36. The second kappa shape index (κ2) is 6.61. The predicted octanol–water partition coefficient (Wildman–Crippen LogP) is 2.21. The first kappa shape index (κ1) is 13.9. The first-order valence-electron chi connectivity index (χ1n) is 6.95. The van der Waals surface area contributed by atoms with Gasteiger partial charge in [0, 0.05) is 25.8 Å². The number of anilines is 1. The Labute approximate surface area is 113 Å². The number of hydrogen-bond acceptors (Lipinski definition) is 4. The highest BCUT2D eigenvalue weighted by atomic mass is 16.5. The zero-order valence-corrected chi connectivity index (χ0v) is 11.4. The minimum absolute atomic E-state index is 0.250. The van der Waals surface area contributed by atoms with Crippen LogP contribution in [0.3, 0.4) is 0 Å². The molecule has 0 amide bonds. The van der Waals surface area contributed by atoms with Crippen LogP contribution in [0.5, 0.6) is 0 Å².